The van der Waals surface area contributed by atoms with Gasteiger partial charge in [0.1, 0.15) is 0 Å². The van der Waals surface area contributed by atoms with Gasteiger partial charge < -0.3 is 5.11 Å². The van der Waals surface area contributed by atoms with E-state index in [0.29, 0.717) is 0 Å². The number of carboxylic acid groups (broad SMARTS) is 1. The highest BCUT2D eigenvalue weighted by molar-refractivity contribution is 5.73. The predicted molar refractivity (Wildman–Crippen MR) is 97.7 cm³/mol. The molecule has 0 aliphatic carbocycles. The molecule has 0 fully saturated rings. The first-order chi connectivity index (χ1) is 11.2. The molecule has 0 aliphatic rings. The lowest BCUT2D eigenvalue weighted by molar-refractivity contribution is -0.140. The van der Waals surface area contributed by atoms with Crippen LogP contribution >= 0.6 is 0 Å². The predicted octanol–water partition coefficient (Wildman–Crippen LogP) is 6.19. The summed E-state index contributed by atoms with van der Waals surface area (Å²) in [6.07, 6.45) is 12.7. The quantitative estimate of drug-likeness (QED) is 0.348. The summed E-state index contributed by atoms with van der Waals surface area (Å²) in [6.45, 7) is 5.97. The van der Waals surface area contributed by atoms with Crippen LogP contribution in [-0.4, -0.2) is 11.1 Å². The van der Waals surface area contributed by atoms with Gasteiger partial charge in [-0.1, -0.05) is 94.7 Å². The van der Waals surface area contributed by atoms with Crippen LogP contribution in [0.1, 0.15) is 76.2 Å². The molecule has 0 radical (unpaired) electrons. The largest absolute Gasteiger partial charge is 0.481 e. The van der Waals surface area contributed by atoms with Crippen LogP contribution in [0.5, 0.6) is 0 Å². The van der Waals surface area contributed by atoms with Crippen LogP contribution in [0.25, 0.3) is 0 Å². The van der Waals surface area contributed by atoms with Crippen LogP contribution < -0.4 is 0 Å². The molecule has 0 bridgehead atoms. The molecule has 1 aromatic rings. The van der Waals surface area contributed by atoms with Crippen molar-refractivity contribution in [3.8, 4) is 0 Å². The lowest BCUT2D eigenvalue weighted by atomic mass is 9.82. The normalized spacial score (nSPS) is 13.4. The summed E-state index contributed by atoms with van der Waals surface area (Å²) in [5.41, 5.74) is 1.11. The highest BCUT2D eigenvalue weighted by atomic mass is 16.4. The standard InChI is InChI=1S/C21H32O2/c1-3-5-6-7-8-9-10-14-17-20(19(4-2)21(22)23)18-15-12-11-13-16-18/h4,11-13,15-16,19-20H,2-3,5-10,14,17H2,1H3,(H,22,23). The van der Waals surface area contributed by atoms with E-state index in [4.69, 9.17) is 0 Å². The van der Waals surface area contributed by atoms with E-state index in [1.54, 1.807) is 6.08 Å². The zero-order chi connectivity index (χ0) is 16.9. The van der Waals surface area contributed by atoms with Crippen molar-refractivity contribution in [3.05, 3.63) is 48.6 Å². The third-order valence-corrected chi connectivity index (χ3v) is 4.57. The number of aliphatic carboxylic acids is 1. The van der Waals surface area contributed by atoms with Crippen molar-refractivity contribution in [2.75, 3.05) is 0 Å². The van der Waals surface area contributed by atoms with Crippen molar-refractivity contribution < 1.29 is 9.90 Å². The minimum atomic E-state index is -0.770. The van der Waals surface area contributed by atoms with E-state index in [1.165, 1.54) is 44.9 Å². The van der Waals surface area contributed by atoms with Gasteiger partial charge in [0, 0.05) is 5.92 Å². The van der Waals surface area contributed by atoms with Crippen molar-refractivity contribution in [1.29, 1.82) is 0 Å². The van der Waals surface area contributed by atoms with Crippen molar-refractivity contribution in [1.82, 2.24) is 0 Å². The first kappa shape index (κ1) is 19.5. The van der Waals surface area contributed by atoms with Crippen LogP contribution in [0.2, 0.25) is 0 Å². The SMILES string of the molecule is C=CC(C(=O)O)C(CCCCCCCCCC)c1ccccc1. The van der Waals surface area contributed by atoms with Gasteiger partial charge in [0.2, 0.25) is 0 Å². The molecule has 0 aliphatic heterocycles. The smallest absolute Gasteiger partial charge is 0.310 e. The number of benzene rings is 1. The molecule has 0 amide bonds. The molecule has 2 unspecified atom stereocenters. The Morgan fingerprint density at radius 1 is 1.04 bits per heavy atom. The maximum atomic E-state index is 11.5. The van der Waals surface area contributed by atoms with Gasteiger partial charge in [-0.3, -0.25) is 4.79 Å². The topological polar surface area (TPSA) is 37.3 Å². The summed E-state index contributed by atoms with van der Waals surface area (Å²) in [5.74, 6) is -1.23. The minimum Gasteiger partial charge on any atom is -0.481 e. The third kappa shape index (κ3) is 7.49. The zero-order valence-corrected chi connectivity index (χ0v) is 14.5. The molecule has 0 saturated carbocycles. The Hall–Kier alpha value is -1.57. The van der Waals surface area contributed by atoms with Gasteiger partial charge in [0.05, 0.1) is 5.92 Å². The van der Waals surface area contributed by atoms with Crippen molar-refractivity contribution in [2.45, 2.75) is 70.6 Å². The molecule has 1 aromatic carbocycles. The van der Waals surface area contributed by atoms with Crippen LogP contribution in [0, 0.1) is 5.92 Å². The highest BCUT2D eigenvalue weighted by Crippen LogP contribution is 2.31. The second-order valence-electron chi connectivity index (χ2n) is 6.38. The van der Waals surface area contributed by atoms with Gasteiger partial charge in [-0.15, -0.1) is 6.58 Å². The Morgan fingerprint density at radius 3 is 2.13 bits per heavy atom. The van der Waals surface area contributed by atoms with Gasteiger partial charge in [0.25, 0.3) is 0 Å². The van der Waals surface area contributed by atoms with E-state index in [9.17, 15) is 9.90 Å². The summed E-state index contributed by atoms with van der Waals surface area (Å²) in [7, 11) is 0. The van der Waals surface area contributed by atoms with E-state index in [0.717, 1.165) is 18.4 Å². The number of carboxylic acids is 1. The second kappa shape index (κ2) is 11.9. The molecular weight excluding hydrogens is 284 g/mol. The minimum absolute atomic E-state index is 0.0336. The van der Waals surface area contributed by atoms with Gasteiger partial charge in [-0.25, -0.2) is 0 Å². The number of rotatable bonds is 13. The Labute approximate surface area is 141 Å². The zero-order valence-electron chi connectivity index (χ0n) is 14.5. The van der Waals surface area contributed by atoms with E-state index in [2.05, 4.69) is 13.5 Å². The molecule has 1 N–H and O–H groups in total. The molecule has 0 heterocycles. The van der Waals surface area contributed by atoms with E-state index in [-0.39, 0.29) is 5.92 Å². The summed E-state index contributed by atoms with van der Waals surface area (Å²) in [6, 6.07) is 10.0. The molecule has 1 rings (SSSR count). The van der Waals surface area contributed by atoms with Crippen molar-refractivity contribution in [3.63, 3.8) is 0 Å². The Balaban J connectivity index is 2.45. The van der Waals surface area contributed by atoms with Gasteiger partial charge in [-0.05, 0) is 12.0 Å². The van der Waals surface area contributed by atoms with Crippen LogP contribution in [0.4, 0.5) is 0 Å². The summed E-state index contributed by atoms with van der Waals surface area (Å²) < 4.78 is 0. The summed E-state index contributed by atoms with van der Waals surface area (Å²) in [4.78, 5) is 11.5. The lowest BCUT2D eigenvalue weighted by Gasteiger charge is -2.22. The third-order valence-electron chi connectivity index (χ3n) is 4.57. The number of unbranched alkanes of at least 4 members (excludes halogenated alkanes) is 7. The van der Waals surface area contributed by atoms with Crippen LogP contribution in [0.15, 0.2) is 43.0 Å². The van der Waals surface area contributed by atoms with Crippen molar-refractivity contribution in [2.24, 2.45) is 5.92 Å². The van der Waals surface area contributed by atoms with Crippen LogP contribution in [-0.2, 0) is 4.79 Å². The highest BCUT2D eigenvalue weighted by Gasteiger charge is 2.26. The van der Waals surface area contributed by atoms with Gasteiger partial charge in [0.15, 0.2) is 0 Å². The monoisotopic (exact) mass is 316 g/mol. The number of hydrogen-bond acceptors (Lipinski definition) is 1. The Bertz CT molecular complexity index is 438. The molecule has 2 nitrogen and oxygen atoms in total. The van der Waals surface area contributed by atoms with E-state index < -0.39 is 11.9 Å². The average Bonchev–Trinajstić information content (AvgIpc) is 2.56. The fourth-order valence-electron chi connectivity index (χ4n) is 3.19. The first-order valence-electron chi connectivity index (χ1n) is 9.11. The molecule has 2 atom stereocenters. The Kier molecular flexibility index (Phi) is 10.1. The molecular formula is C21H32O2. The molecule has 2 heteroatoms. The second-order valence-corrected chi connectivity index (χ2v) is 6.38. The first-order valence-corrected chi connectivity index (χ1v) is 9.11. The summed E-state index contributed by atoms with van der Waals surface area (Å²) in [5, 5.41) is 9.46. The molecule has 0 spiro atoms. The van der Waals surface area contributed by atoms with E-state index in [1.807, 2.05) is 30.3 Å². The van der Waals surface area contributed by atoms with Crippen molar-refractivity contribution >= 4 is 5.97 Å². The van der Waals surface area contributed by atoms with Gasteiger partial charge in [-0.2, -0.15) is 0 Å². The molecule has 128 valence electrons. The fraction of sp³-hybridized carbons (Fsp3) is 0.571. The number of carbonyl (C=O) groups is 1. The summed E-state index contributed by atoms with van der Waals surface area (Å²) >= 11 is 0. The molecule has 0 saturated heterocycles. The molecule has 0 aromatic heterocycles. The average molecular weight is 316 g/mol. The van der Waals surface area contributed by atoms with Crippen LogP contribution in [0.3, 0.4) is 0 Å². The number of hydrogen-bond donors (Lipinski definition) is 1. The van der Waals surface area contributed by atoms with E-state index >= 15 is 0 Å². The lowest BCUT2D eigenvalue weighted by Crippen LogP contribution is -2.20. The maximum Gasteiger partial charge on any atom is 0.310 e. The fourth-order valence-corrected chi connectivity index (χ4v) is 3.19. The maximum absolute atomic E-state index is 11.5. The molecule has 23 heavy (non-hydrogen) atoms. The van der Waals surface area contributed by atoms with Gasteiger partial charge >= 0.3 is 5.97 Å². The Morgan fingerprint density at radius 2 is 1.61 bits per heavy atom.